The molecule has 2 aromatic rings. The van der Waals surface area contributed by atoms with Crippen LogP contribution in [0.3, 0.4) is 0 Å². The molecule has 0 aromatic heterocycles. The molecule has 0 unspecified atom stereocenters. The number of nitrogens with one attached hydrogen (secondary N) is 1. The summed E-state index contributed by atoms with van der Waals surface area (Å²) in [6.07, 6.45) is 1.01. The predicted octanol–water partition coefficient (Wildman–Crippen LogP) is 4.09. The maximum Gasteiger partial charge on any atom is 0.119 e. The lowest BCUT2D eigenvalue weighted by molar-refractivity contribution is 0.317. The van der Waals surface area contributed by atoms with Crippen molar-refractivity contribution in [3.63, 3.8) is 0 Å². The molecule has 0 spiro atoms. The van der Waals surface area contributed by atoms with E-state index in [2.05, 4.69) is 18.3 Å². The average Bonchev–Trinajstić information content (AvgIpc) is 2.47. The van der Waals surface area contributed by atoms with E-state index in [0.29, 0.717) is 5.56 Å². The largest absolute Gasteiger partial charge is 0.494 e. The van der Waals surface area contributed by atoms with Crippen LogP contribution in [0.5, 0.6) is 5.75 Å². The van der Waals surface area contributed by atoms with Gasteiger partial charge in [-0.25, -0.2) is 0 Å². The van der Waals surface area contributed by atoms with Gasteiger partial charge in [-0.1, -0.05) is 6.92 Å². The summed E-state index contributed by atoms with van der Waals surface area (Å²) in [6, 6.07) is 17.3. The highest BCUT2D eigenvalue weighted by Crippen LogP contribution is 2.20. The second kappa shape index (κ2) is 6.46. The molecule has 96 valence electrons. The van der Waals surface area contributed by atoms with E-state index >= 15 is 0 Å². The molecule has 0 aliphatic carbocycles. The Labute approximate surface area is 113 Å². The molecule has 0 heterocycles. The van der Waals surface area contributed by atoms with Crippen molar-refractivity contribution in [1.29, 1.82) is 5.26 Å². The van der Waals surface area contributed by atoms with Gasteiger partial charge in [0.15, 0.2) is 0 Å². The Morgan fingerprint density at radius 2 is 1.58 bits per heavy atom. The molecule has 0 amide bonds. The zero-order chi connectivity index (χ0) is 13.5. The molecule has 19 heavy (non-hydrogen) atoms. The van der Waals surface area contributed by atoms with Gasteiger partial charge in [-0.15, -0.1) is 0 Å². The van der Waals surface area contributed by atoms with Crippen molar-refractivity contribution >= 4 is 11.4 Å². The number of benzene rings is 2. The van der Waals surface area contributed by atoms with Crippen molar-refractivity contribution in [1.82, 2.24) is 0 Å². The van der Waals surface area contributed by atoms with Gasteiger partial charge < -0.3 is 10.1 Å². The zero-order valence-corrected chi connectivity index (χ0v) is 10.9. The fraction of sp³-hybridized carbons (Fsp3) is 0.188. The maximum atomic E-state index is 8.74. The zero-order valence-electron chi connectivity index (χ0n) is 10.9. The lowest BCUT2D eigenvalue weighted by Crippen LogP contribution is -1.95. The van der Waals surface area contributed by atoms with E-state index < -0.39 is 0 Å². The van der Waals surface area contributed by atoms with Gasteiger partial charge in [0.2, 0.25) is 0 Å². The molecule has 0 aliphatic heterocycles. The summed E-state index contributed by atoms with van der Waals surface area (Å²) in [5.41, 5.74) is 2.61. The third-order valence-corrected chi connectivity index (χ3v) is 2.63. The van der Waals surface area contributed by atoms with E-state index in [9.17, 15) is 0 Å². The van der Waals surface area contributed by atoms with Crippen LogP contribution in [0.4, 0.5) is 11.4 Å². The molecule has 2 aromatic carbocycles. The molecule has 0 aliphatic rings. The van der Waals surface area contributed by atoms with Crippen molar-refractivity contribution in [2.75, 3.05) is 11.9 Å². The van der Waals surface area contributed by atoms with Crippen molar-refractivity contribution < 1.29 is 4.74 Å². The van der Waals surface area contributed by atoms with E-state index in [0.717, 1.165) is 30.2 Å². The van der Waals surface area contributed by atoms with Gasteiger partial charge in [-0.3, -0.25) is 0 Å². The Balaban J connectivity index is 2.00. The minimum Gasteiger partial charge on any atom is -0.494 e. The van der Waals surface area contributed by atoms with Crippen LogP contribution >= 0.6 is 0 Å². The Bertz CT molecular complexity index is 553. The SMILES string of the molecule is CCCOc1ccc(Nc2ccc(C#N)cc2)cc1. The van der Waals surface area contributed by atoms with Crippen LogP contribution in [0.2, 0.25) is 0 Å². The number of anilines is 2. The fourth-order valence-electron chi connectivity index (χ4n) is 1.65. The molecule has 0 saturated heterocycles. The fourth-order valence-corrected chi connectivity index (χ4v) is 1.65. The summed E-state index contributed by atoms with van der Waals surface area (Å²) in [4.78, 5) is 0. The van der Waals surface area contributed by atoms with E-state index in [1.165, 1.54) is 0 Å². The van der Waals surface area contributed by atoms with Crippen LogP contribution in [0.15, 0.2) is 48.5 Å². The van der Waals surface area contributed by atoms with Crippen molar-refractivity contribution in [2.24, 2.45) is 0 Å². The summed E-state index contributed by atoms with van der Waals surface area (Å²) in [6.45, 7) is 2.82. The van der Waals surface area contributed by atoms with Gasteiger partial charge in [-0.2, -0.15) is 5.26 Å². The molecular formula is C16H16N2O. The molecule has 0 bridgehead atoms. The first-order chi connectivity index (χ1) is 9.31. The van der Waals surface area contributed by atoms with Crippen LogP contribution in [0.1, 0.15) is 18.9 Å². The van der Waals surface area contributed by atoms with Crippen LogP contribution in [0.25, 0.3) is 0 Å². The second-order valence-corrected chi connectivity index (χ2v) is 4.19. The summed E-state index contributed by atoms with van der Waals surface area (Å²) < 4.78 is 5.53. The van der Waals surface area contributed by atoms with E-state index in [-0.39, 0.29) is 0 Å². The van der Waals surface area contributed by atoms with E-state index in [4.69, 9.17) is 10.00 Å². The third-order valence-electron chi connectivity index (χ3n) is 2.63. The minimum absolute atomic E-state index is 0.661. The number of hydrogen-bond acceptors (Lipinski definition) is 3. The molecule has 0 saturated carbocycles. The van der Waals surface area contributed by atoms with Crippen LogP contribution in [0, 0.1) is 11.3 Å². The smallest absolute Gasteiger partial charge is 0.119 e. The highest BCUT2D eigenvalue weighted by molar-refractivity contribution is 5.61. The van der Waals surface area contributed by atoms with Gasteiger partial charge >= 0.3 is 0 Å². The molecule has 3 nitrogen and oxygen atoms in total. The highest BCUT2D eigenvalue weighted by Gasteiger charge is 1.97. The standard InChI is InChI=1S/C16H16N2O/c1-2-11-19-16-9-7-15(8-10-16)18-14-5-3-13(12-17)4-6-14/h3-10,18H,2,11H2,1H3. The molecule has 3 heteroatoms. The molecule has 0 atom stereocenters. The molecule has 2 rings (SSSR count). The van der Waals surface area contributed by atoms with E-state index in [1.807, 2.05) is 36.4 Å². The summed E-state index contributed by atoms with van der Waals surface area (Å²) >= 11 is 0. The first kappa shape index (κ1) is 13.0. The summed E-state index contributed by atoms with van der Waals surface area (Å²) in [5, 5.41) is 12.0. The highest BCUT2D eigenvalue weighted by atomic mass is 16.5. The number of nitrogens with zero attached hydrogens (tertiary/aromatic N) is 1. The van der Waals surface area contributed by atoms with Gasteiger partial charge in [-0.05, 0) is 55.0 Å². The number of hydrogen-bond donors (Lipinski definition) is 1. The maximum absolute atomic E-state index is 8.74. The average molecular weight is 252 g/mol. The monoisotopic (exact) mass is 252 g/mol. The Morgan fingerprint density at radius 1 is 1.00 bits per heavy atom. The Kier molecular flexibility index (Phi) is 4.41. The molecule has 0 radical (unpaired) electrons. The van der Waals surface area contributed by atoms with Crippen LogP contribution in [-0.4, -0.2) is 6.61 Å². The normalized spacial score (nSPS) is 9.68. The number of ether oxygens (including phenoxy) is 1. The third kappa shape index (κ3) is 3.75. The summed E-state index contributed by atoms with van der Waals surface area (Å²) in [5.74, 6) is 0.882. The minimum atomic E-state index is 0.661. The first-order valence-electron chi connectivity index (χ1n) is 6.32. The van der Waals surface area contributed by atoms with Gasteiger partial charge in [0.05, 0.1) is 18.2 Å². The van der Waals surface area contributed by atoms with Crippen molar-refractivity contribution in [3.8, 4) is 11.8 Å². The molecule has 1 N–H and O–H groups in total. The predicted molar refractivity (Wildman–Crippen MR) is 76.7 cm³/mol. The molecular weight excluding hydrogens is 236 g/mol. The van der Waals surface area contributed by atoms with Crippen LogP contribution in [-0.2, 0) is 0 Å². The van der Waals surface area contributed by atoms with Crippen LogP contribution < -0.4 is 10.1 Å². The lowest BCUT2D eigenvalue weighted by Gasteiger charge is -2.08. The second-order valence-electron chi connectivity index (χ2n) is 4.19. The Hall–Kier alpha value is -2.47. The first-order valence-corrected chi connectivity index (χ1v) is 6.32. The van der Waals surface area contributed by atoms with Gasteiger partial charge in [0, 0.05) is 11.4 Å². The lowest BCUT2D eigenvalue weighted by atomic mass is 10.2. The number of nitriles is 1. The topological polar surface area (TPSA) is 45.0 Å². The summed E-state index contributed by atoms with van der Waals surface area (Å²) in [7, 11) is 0. The van der Waals surface area contributed by atoms with E-state index in [1.54, 1.807) is 12.1 Å². The van der Waals surface area contributed by atoms with Crippen molar-refractivity contribution in [3.05, 3.63) is 54.1 Å². The molecule has 0 fully saturated rings. The van der Waals surface area contributed by atoms with Gasteiger partial charge in [0.25, 0.3) is 0 Å². The number of rotatable bonds is 5. The van der Waals surface area contributed by atoms with Gasteiger partial charge in [0.1, 0.15) is 5.75 Å². The quantitative estimate of drug-likeness (QED) is 0.871. The van der Waals surface area contributed by atoms with Crippen molar-refractivity contribution in [2.45, 2.75) is 13.3 Å². The Morgan fingerprint density at radius 3 is 2.11 bits per heavy atom.